The molecule has 0 spiro atoms. The number of aliphatic hydroxyl groups is 1. The summed E-state index contributed by atoms with van der Waals surface area (Å²) in [4.78, 5) is 0. The van der Waals surface area contributed by atoms with E-state index in [1.165, 1.54) is 0 Å². The van der Waals surface area contributed by atoms with Crippen molar-refractivity contribution < 1.29 is 28.8 Å². The molecule has 2 aromatic rings. The van der Waals surface area contributed by atoms with Crippen LogP contribution in [0.3, 0.4) is 0 Å². The monoisotopic (exact) mass is 618 g/mol. The highest BCUT2D eigenvalue weighted by molar-refractivity contribution is 7.99. The van der Waals surface area contributed by atoms with Gasteiger partial charge in [0.25, 0.3) is 0 Å². The van der Waals surface area contributed by atoms with E-state index in [9.17, 15) is 5.11 Å². The normalized spacial score (nSPS) is 36.4. The highest BCUT2D eigenvalue weighted by atomic mass is 32.2. The Morgan fingerprint density at radius 1 is 0.762 bits per heavy atom. The third-order valence-electron chi connectivity index (χ3n) is 8.76. The zero-order chi connectivity index (χ0) is 30.1. The number of hydrogen-bond acceptors (Lipinski definition) is 8. The van der Waals surface area contributed by atoms with Gasteiger partial charge in [-0.15, -0.1) is 23.5 Å². The summed E-state index contributed by atoms with van der Waals surface area (Å²) in [5, 5.41) is 10.4. The van der Waals surface area contributed by atoms with Crippen molar-refractivity contribution in [1.29, 1.82) is 0 Å². The number of rotatable bonds is 9. The predicted octanol–water partition coefficient (Wildman–Crippen LogP) is 7.17. The van der Waals surface area contributed by atoms with Gasteiger partial charge in [-0.2, -0.15) is 0 Å². The lowest BCUT2D eigenvalue weighted by Gasteiger charge is -2.48. The van der Waals surface area contributed by atoms with Crippen molar-refractivity contribution in [3.05, 3.63) is 71.8 Å². The van der Waals surface area contributed by atoms with Gasteiger partial charge in [0, 0.05) is 5.56 Å². The molecule has 6 nitrogen and oxygen atoms in total. The Bertz CT molecular complexity index is 1020. The van der Waals surface area contributed by atoms with Gasteiger partial charge >= 0.3 is 0 Å². The molecular weight excluding hydrogens is 569 g/mol. The fraction of sp³-hybridized carbons (Fsp3) is 0.647. The summed E-state index contributed by atoms with van der Waals surface area (Å²) in [6, 6.07) is 20.2. The van der Waals surface area contributed by atoms with Gasteiger partial charge in [0.1, 0.15) is 23.1 Å². The van der Waals surface area contributed by atoms with Crippen LogP contribution in [0, 0.1) is 23.7 Å². The molecule has 11 atom stereocenters. The van der Waals surface area contributed by atoms with Crippen LogP contribution in [0.2, 0.25) is 0 Å². The molecule has 3 aliphatic heterocycles. The summed E-state index contributed by atoms with van der Waals surface area (Å²) in [6.45, 7) is 14.7. The van der Waals surface area contributed by atoms with Crippen LogP contribution >= 0.6 is 23.5 Å². The number of hydrogen-bond donors (Lipinski definition) is 1. The second kappa shape index (κ2) is 16.8. The van der Waals surface area contributed by atoms with Crippen molar-refractivity contribution in [3.63, 3.8) is 0 Å². The fourth-order valence-electron chi connectivity index (χ4n) is 5.74. The first kappa shape index (κ1) is 33.8. The number of benzene rings is 2. The second-order valence-corrected chi connectivity index (χ2v) is 14.4. The quantitative estimate of drug-likeness (QED) is 0.318. The van der Waals surface area contributed by atoms with Crippen molar-refractivity contribution in [3.8, 4) is 0 Å². The number of aliphatic hydroxyl groups excluding tert-OH is 1. The van der Waals surface area contributed by atoms with Crippen LogP contribution in [0.15, 0.2) is 60.7 Å². The molecular formula is C34H50O6S2. The van der Waals surface area contributed by atoms with Crippen LogP contribution < -0.4 is 0 Å². The van der Waals surface area contributed by atoms with Gasteiger partial charge in [0.2, 0.25) is 0 Å². The van der Waals surface area contributed by atoms with Gasteiger partial charge in [-0.05, 0) is 40.7 Å². The number of thioether (sulfide) groups is 2. The number of fused-ring (bicyclic) bond motifs is 1. The van der Waals surface area contributed by atoms with Crippen LogP contribution in [-0.4, -0.2) is 65.1 Å². The smallest absolute Gasteiger partial charge is 0.184 e. The molecule has 0 aliphatic carbocycles. The maximum Gasteiger partial charge on any atom is 0.184 e. The molecule has 11 unspecified atom stereocenters. The summed E-state index contributed by atoms with van der Waals surface area (Å²) in [6.07, 6.45) is -0.776. The molecule has 234 valence electrons. The largest absolute Gasteiger partial charge is 0.390 e. The van der Waals surface area contributed by atoms with E-state index >= 15 is 0 Å². The van der Waals surface area contributed by atoms with E-state index in [0.717, 1.165) is 22.6 Å². The van der Waals surface area contributed by atoms with Gasteiger partial charge in [-0.25, -0.2) is 0 Å². The summed E-state index contributed by atoms with van der Waals surface area (Å²) in [5.74, 6) is 3.65. The van der Waals surface area contributed by atoms with E-state index in [4.69, 9.17) is 23.7 Å². The van der Waals surface area contributed by atoms with Gasteiger partial charge in [0.05, 0.1) is 32.0 Å². The lowest BCUT2D eigenvalue weighted by Crippen LogP contribution is -2.54. The van der Waals surface area contributed by atoms with Crippen LogP contribution in [0.25, 0.3) is 0 Å². The van der Waals surface area contributed by atoms with E-state index in [-0.39, 0.29) is 41.4 Å². The lowest BCUT2D eigenvalue weighted by molar-refractivity contribution is -0.300. The minimum atomic E-state index is -0.454. The van der Waals surface area contributed by atoms with Crippen LogP contribution in [-0.2, 0) is 30.3 Å². The second-order valence-electron chi connectivity index (χ2n) is 11.6. The zero-order valence-electron chi connectivity index (χ0n) is 26.0. The molecule has 3 saturated heterocycles. The Labute approximate surface area is 261 Å². The Morgan fingerprint density at radius 3 is 2.00 bits per heavy atom. The van der Waals surface area contributed by atoms with E-state index in [0.29, 0.717) is 37.6 Å². The first-order chi connectivity index (χ1) is 20.3. The summed E-state index contributed by atoms with van der Waals surface area (Å²) in [7, 11) is 0. The van der Waals surface area contributed by atoms with Gasteiger partial charge < -0.3 is 28.8 Å². The average Bonchev–Trinajstić information content (AvgIpc) is 3.02. The van der Waals surface area contributed by atoms with Gasteiger partial charge in [-0.1, -0.05) is 102 Å². The Hall–Kier alpha value is -1.10. The molecule has 42 heavy (non-hydrogen) atoms. The summed E-state index contributed by atoms with van der Waals surface area (Å²) < 4.78 is 30.1. The molecule has 0 amide bonds. The van der Waals surface area contributed by atoms with Crippen molar-refractivity contribution in [2.75, 3.05) is 24.7 Å². The molecule has 8 heteroatoms. The molecule has 0 aromatic heterocycles. The zero-order valence-corrected chi connectivity index (χ0v) is 27.6. The first-order valence-electron chi connectivity index (χ1n) is 15.5. The maximum atomic E-state index is 10.4. The van der Waals surface area contributed by atoms with E-state index in [1.807, 2.05) is 72.1 Å². The van der Waals surface area contributed by atoms with Gasteiger partial charge in [-0.3, -0.25) is 0 Å². The topological polar surface area (TPSA) is 66.4 Å². The fourth-order valence-corrected chi connectivity index (χ4v) is 7.95. The minimum Gasteiger partial charge on any atom is -0.390 e. The van der Waals surface area contributed by atoms with Crippen molar-refractivity contribution in [1.82, 2.24) is 0 Å². The van der Waals surface area contributed by atoms with Crippen LogP contribution in [0.4, 0.5) is 0 Å². The van der Waals surface area contributed by atoms with E-state index in [2.05, 4.69) is 53.7 Å². The van der Waals surface area contributed by atoms with Crippen molar-refractivity contribution in [2.45, 2.75) is 89.7 Å². The Balaban J connectivity index is 0.000000193. The molecule has 5 rings (SSSR count). The molecule has 3 heterocycles. The third kappa shape index (κ3) is 8.75. The third-order valence-corrected chi connectivity index (χ3v) is 11.2. The van der Waals surface area contributed by atoms with Crippen LogP contribution in [0.1, 0.15) is 59.0 Å². The number of ether oxygens (including phenoxy) is 5. The van der Waals surface area contributed by atoms with Crippen LogP contribution in [0.5, 0.6) is 0 Å². The summed E-state index contributed by atoms with van der Waals surface area (Å²) >= 11 is 3.69. The SMILES string of the molecule is CCSC1OC(COCc2ccccc2)C(O)C(C)C1C.CCSC1OC2COC(c3ccccc3)OC2C(C)C1C. The molecule has 3 fully saturated rings. The Kier molecular flexibility index (Phi) is 13.5. The molecule has 3 aliphatic rings. The average molecular weight is 619 g/mol. The van der Waals surface area contributed by atoms with Crippen molar-refractivity contribution >= 4 is 23.5 Å². The van der Waals surface area contributed by atoms with Gasteiger partial charge in [0.15, 0.2) is 6.29 Å². The minimum absolute atomic E-state index is 0.0558. The van der Waals surface area contributed by atoms with E-state index < -0.39 is 6.10 Å². The molecule has 0 saturated carbocycles. The predicted molar refractivity (Wildman–Crippen MR) is 172 cm³/mol. The standard InChI is InChI=1S/C17H24O3S.C17H26O3S/c1-4-21-17-12(3)11(2)15-14(19-17)10-18-16(20-15)13-8-6-5-7-9-13;1-4-21-17-13(3)12(2)16(18)15(20-17)11-19-10-14-8-6-5-7-9-14/h5-9,11-12,14-17H,4,10H2,1-3H3;5-9,12-13,15-18H,4,10-11H2,1-3H3. The molecule has 1 N–H and O–H groups in total. The molecule has 0 bridgehead atoms. The molecule has 0 radical (unpaired) electrons. The highest BCUT2D eigenvalue weighted by Gasteiger charge is 2.46. The molecule has 2 aromatic carbocycles. The maximum absolute atomic E-state index is 10.4. The Morgan fingerprint density at radius 2 is 1.36 bits per heavy atom. The summed E-state index contributed by atoms with van der Waals surface area (Å²) in [5.41, 5.74) is 2.63. The lowest BCUT2D eigenvalue weighted by atomic mass is 9.85. The first-order valence-corrected chi connectivity index (χ1v) is 17.6. The highest BCUT2D eigenvalue weighted by Crippen LogP contribution is 2.42. The van der Waals surface area contributed by atoms with Crippen molar-refractivity contribution in [2.24, 2.45) is 23.7 Å². The van der Waals surface area contributed by atoms with E-state index in [1.54, 1.807) is 0 Å².